The van der Waals surface area contributed by atoms with Crippen LogP contribution in [0.1, 0.15) is 15.9 Å². The van der Waals surface area contributed by atoms with E-state index in [9.17, 15) is 14.7 Å². The smallest absolute Gasteiger partial charge is 0.371 e. The van der Waals surface area contributed by atoms with Gasteiger partial charge >= 0.3 is 5.97 Å². The molecule has 1 heterocycles. The molecule has 2 N–H and O–H groups in total. The molecule has 2 aromatic rings. The number of benzene rings is 2. The van der Waals surface area contributed by atoms with Crippen LogP contribution in [-0.2, 0) is 16.1 Å². The molecule has 2 aromatic carbocycles. The number of rotatable bonds is 10. The molecule has 1 aliphatic heterocycles. The van der Waals surface area contributed by atoms with Crippen LogP contribution >= 0.6 is 0 Å². The van der Waals surface area contributed by atoms with Crippen LogP contribution in [0.2, 0.25) is 0 Å². The second kappa shape index (κ2) is 11.1. The van der Waals surface area contributed by atoms with Crippen molar-refractivity contribution in [3.63, 3.8) is 0 Å². The number of aliphatic hydroxyl groups excluding tert-OH is 1. The zero-order valence-corrected chi connectivity index (χ0v) is 17.0. The third-order valence-electron chi connectivity index (χ3n) is 4.68. The minimum atomic E-state index is -1.58. The van der Waals surface area contributed by atoms with E-state index < -0.39 is 17.5 Å². The van der Waals surface area contributed by atoms with Crippen molar-refractivity contribution in [2.75, 3.05) is 39.5 Å². The van der Waals surface area contributed by atoms with Gasteiger partial charge in [-0.3, -0.25) is 9.69 Å². The minimum absolute atomic E-state index is 0.153. The molecule has 31 heavy (non-hydrogen) atoms. The monoisotopic (exact) mass is 427 g/mol. The van der Waals surface area contributed by atoms with Gasteiger partial charge in [-0.15, -0.1) is 0 Å². The van der Waals surface area contributed by atoms with Crippen LogP contribution in [0.25, 0.3) is 0 Å². The van der Waals surface area contributed by atoms with Crippen LogP contribution in [-0.4, -0.2) is 66.3 Å². The number of aliphatic hydroxyl groups is 1. The number of carboxylic acid groups (broad SMARTS) is 1. The Morgan fingerprint density at radius 3 is 2.35 bits per heavy atom. The van der Waals surface area contributed by atoms with E-state index in [0.717, 1.165) is 18.7 Å². The van der Waals surface area contributed by atoms with Crippen LogP contribution in [0.4, 0.5) is 0 Å². The van der Waals surface area contributed by atoms with E-state index in [-0.39, 0.29) is 5.56 Å². The number of carbonyl (C=O) groups excluding carboxylic acids is 1. The van der Waals surface area contributed by atoms with Gasteiger partial charge in [0.25, 0.3) is 0 Å². The summed E-state index contributed by atoms with van der Waals surface area (Å²) in [6.07, 6.45) is 0.663. The quantitative estimate of drug-likeness (QED) is 0.339. The first-order valence-corrected chi connectivity index (χ1v) is 9.94. The SMILES string of the molecule is O=C(O)/C(O)=C/C(=O)c1cc(OCCN2CCOCC2)cc(OCc2ccccc2)c1. The lowest BCUT2D eigenvalue weighted by molar-refractivity contribution is -0.135. The largest absolute Gasteiger partial charge is 0.502 e. The highest BCUT2D eigenvalue weighted by molar-refractivity contribution is 6.08. The number of carbonyl (C=O) groups is 2. The molecule has 0 spiro atoms. The molecule has 0 amide bonds. The number of nitrogens with zero attached hydrogens (tertiary/aromatic N) is 1. The lowest BCUT2D eigenvalue weighted by atomic mass is 10.1. The van der Waals surface area contributed by atoms with Crippen molar-refractivity contribution in [2.45, 2.75) is 6.61 Å². The Morgan fingerprint density at radius 2 is 1.68 bits per heavy atom. The summed E-state index contributed by atoms with van der Waals surface area (Å²) in [6.45, 7) is 4.48. The van der Waals surface area contributed by atoms with E-state index in [1.54, 1.807) is 6.07 Å². The molecule has 0 radical (unpaired) electrons. The van der Waals surface area contributed by atoms with E-state index in [2.05, 4.69) is 4.90 Å². The van der Waals surface area contributed by atoms with Crippen molar-refractivity contribution in [2.24, 2.45) is 0 Å². The van der Waals surface area contributed by atoms with Gasteiger partial charge in [-0.1, -0.05) is 30.3 Å². The van der Waals surface area contributed by atoms with Crippen LogP contribution in [0.3, 0.4) is 0 Å². The first-order chi connectivity index (χ1) is 15.0. The Labute approximate surface area is 180 Å². The number of hydrogen-bond acceptors (Lipinski definition) is 7. The maximum atomic E-state index is 12.4. The predicted molar refractivity (Wildman–Crippen MR) is 113 cm³/mol. The molecule has 164 valence electrons. The zero-order valence-electron chi connectivity index (χ0n) is 17.0. The molecule has 0 aromatic heterocycles. The number of hydrogen-bond donors (Lipinski definition) is 2. The summed E-state index contributed by atoms with van der Waals surface area (Å²) >= 11 is 0. The molecular formula is C23H25NO7. The standard InChI is InChI=1S/C23H25NO7/c25-21(15-22(26)23(27)28)18-12-19(30-11-8-24-6-9-29-10-7-24)14-20(13-18)31-16-17-4-2-1-3-5-17/h1-5,12-15,26H,6-11,16H2,(H,27,28)/b22-15-. The number of ether oxygens (including phenoxy) is 3. The lowest BCUT2D eigenvalue weighted by Crippen LogP contribution is -2.38. The topological polar surface area (TPSA) is 106 Å². The average Bonchev–Trinajstić information content (AvgIpc) is 2.79. The maximum Gasteiger partial charge on any atom is 0.371 e. The van der Waals surface area contributed by atoms with Gasteiger partial charge in [-0.25, -0.2) is 4.79 Å². The number of carboxylic acids is 1. The van der Waals surface area contributed by atoms with Gasteiger partial charge < -0.3 is 24.4 Å². The summed E-state index contributed by atoms with van der Waals surface area (Å²) in [6, 6.07) is 14.2. The fourth-order valence-corrected chi connectivity index (χ4v) is 3.01. The first kappa shape index (κ1) is 22.3. The third-order valence-corrected chi connectivity index (χ3v) is 4.68. The Balaban J connectivity index is 1.73. The van der Waals surface area contributed by atoms with E-state index in [1.807, 2.05) is 30.3 Å². The molecule has 1 aliphatic rings. The van der Waals surface area contributed by atoms with Gasteiger partial charge in [0.2, 0.25) is 5.76 Å². The number of morpholine rings is 1. The summed E-state index contributed by atoms with van der Waals surface area (Å²) in [7, 11) is 0. The normalized spacial score (nSPS) is 14.8. The van der Waals surface area contributed by atoms with Crippen molar-refractivity contribution in [3.05, 3.63) is 71.5 Å². The van der Waals surface area contributed by atoms with Crippen molar-refractivity contribution in [1.82, 2.24) is 4.90 Å². The van der Waals surface area contributed by atoms with E-state index in [4.69, 9.17) is 19.3 Å². The molecule has 0 bridgehead atoms. The maximum absolute atomic E-state index is 12.4. The molecular weight excluding hydrogens is 402 g/mol. The summed E-state index contributed by atoms with van der Waals surface area (Å²) in [5.74, 6) is -2.45. The number of aliphatic carboxylic acids is 1. The van der Waals surface area contributed by atoms with Gasteiger partial charge in [0.05, 0.1) is 13.2 Å². The van der Waals surface area contributed by atoms with Crippen molar-refractivity contribution < 1.29 is 34.0 Å². The second-order valence-corrected chi connectivity index (χ2v) is 6.97. The summed E-state index contributed by atoms with van der Waals surface area (Å²) in [5.41, 5.74) is 1.11. The highest BCUT2D eigenvalue weighted by Gasteiger charge is 2.14. The molecule has 1 saturated heterocycles. The molecule has 1 fully saturated rings. The zero-order chi connectivity index (χ0) is 22.1. The van der Waals surface area contributed by atoms with E-state index in [1.165, 1.54) is 12.1 Å². The van der Waals surface area contributed by atoms with Crippen molar-refractivity contribution in [1.29, 1.82) is 0 Å². The summed E-state index contributed by atoms with van der Waals surface area (Å²) < 4.78 is 17.0. The Morgan fingerprint density at radius 1 is 1.00 bits per heavy atom. The first-order valence-electron chi connectivity index (χ1n) is 9.94. The van der Waals surface area contributed by atoms with E-state index in [0.29, 0.717) is 50.5 Å². The lowest BCUT2D eigenvalue weighted by Gasteiger charge is -2.26. The Kier molecular flexibility index (Phi) is 8.03. The van der Waals surface area contributed by atoms with Crippen LogP contribution in [0, 0.1) is 0 Å². The van der Waals surface area contributed by atoms with Crippen molar-refractivity contribution >= 4 is 11.8 Å². The summed E-state index contributed by atoms with van der Waals surface area (Å²) in [5, 5.41) is 18.2. The van der Waals surface area contributed by atoms with Crippen LogP contribution < -0.4 is 9.47 Å². The molecule has 3 rings (SSSR count). The van der Waals surface area contributed by atoms with Crippen LogP contribution in [0.15, 0.2) is 60.4 Å². The molecule has 8 heteroatoms. The molecule has 0 unspecified atom stereocenters. The average molecular weight is 427 g/mol. The molecule has 8 nitrogen and oxygen atoms in total. The third kappa shape index (κ3) is 7.13. The van der Waals surface area contributed by atoms with Gasteiger partial charge in [-0.05, 0) is 17.7 Å². The van der Waals surface area contributed by atoms with Gasteiger partial charge in [0.1, 0.15) is 24.7 Å². The molecule has 0 saturated carbocycles. The van der Waals surface area contributed by atoms with Gasteiger partial charge in [0, 0.05) is 37.3 Å². The fourth-order valence-electron chi connectivity index (χ4n) is 3.01. The second-order valence-electron chi connectivity index (χ2n) is 6.97. The number of ketones is 1. The van der Waals surface area contributed by atoms with E-state index >= 15 is 0 Å². The molecule has 0 atom stereocenters. The number of allylic oxidation sites excluding steroid dienone is 1. The van der Waals surface area contributed by atoms with Crippen molar-refractivity contribution in [3.8, 4) is 11.5 Å². The highest BCUT2D eigenvalue weighted by Crippen LogP contribution is 2.25. The molecule has 0 aliphatic carbocycles. The fraction of sp³-hybridized carbons (Fsp3) is 0.304. The van der Waals surface area contributed by atoms with Gasteiger partial charge in [0.15, 0.2) is 5.78 Å². The minimum Gasteiger partial charge on any atom is -0.502 e. The highest BCUT2D eigenvalue weighted by atomic mass is 16.5. The summed E-state index contributed by atoms with van der Waals surface area (Å²) in [4.78, 5) is 25.5. The van der Waals surface area contributed by atoms with Gasteiger partial charge in [-0.2, -0.15) is 0 Å². The van der Waals surface area contributed by atoms with Crippen LogP contribution in [0.5, 0.6) is 11.5 Å². The Bertz CT molecular complexity index is 921. The Hall–Kier alpha value is -3.36. The predicted octanol–water partition coefficient (Wildman–Crippen LogP) is 2.69.